The van der Waals surface area contributed by atoms with Gasteiger partial charge < -0.3 is 10.2 Å². The van der Waals surface area contributed by atoms with E-state index in [0.29, 0.717) is 12.3 Å². The number of hydrogen-bond acceptors (Lipinski definition) is 3. The largest absolute Gasteiger partial charge is 0.389 e. The Morgan fingerprint density at radius 1 is 1.50 bits per heavy atom. The van der Waals surface area contributed by atoms with Crippen molar-refractivity contribution in [1.82, 2.24) is 0 Å². The Bertz CT molecular complexity index is 429. The molecular formula is C15H22O3. The fourth-order valence-corrected chi connectivity index (χ4v) is 3.25. The Labute approximate surface area is 108 Å². The van der Waals surface area contributed by atoms with Crippen LogP contribution < -0.4 is 0 Å². The Hall–Kier alpha value is -0.930. The lowest BCUT2D eigenvalue weighted by Crippen LogP contribution is -2.47. The monoisotopic (exact) mass is 250 g/mol. The van der Waals surface area contributed by atoms with Crippen molar-refractivity contribution in [2.75, 3.05) is 0 Å². The lowest BCUT2D eigenvalue weighted by atomic mass is 9.72. The van der Waals surface area contributed by atoms with Gasteiger partial charge in [0.15, 0.2) is 5.78 Å². The molecule has 100 valence electrons. The SMILES string of the molecule is CC(=O)C1=C2C=CC(C)(O)C(O)C2C(C(C)C)C1. The molecule has 0 aliphatic heterocycles. The van der Waals surface area contributed by atoms with Crippen LogP contribution in [0.5, 0.6) is 0 Å². The summed E-state index contributed by atoms with van der Waals surface area (Å²) in [6.07, 6.45) is 3.32. The summed E-state index contributed by atoms with van der Waals surface area (Å²) in [5.41, 5.74) is 0.554. The van der Waals surface area contributed by atoms with Crippen LogP contribution in [0.2, 0.25) is 0 Å². The molecule has 0 radical (unpaired) electrons. The van der Waals surface area contributed by atoms with E-state index in [1.807, 2.05) is 6.08 Å². The smallest absolute Gasteiger partial charge is 0.156 e. The summed E-state index contributed by atoms with van der Waals surface area (Å²) < 4.78 is 0. The van der Waals surface area contributed by atoms with Gasteiger partial charge in [0.05, 0.1) is 6.10 Å². The summed E-state index contributed by atoms with van der Waals surface area (Å²) in [5, 5.41) is 20.5. The van der Waals surface area contributed by atoms with E-state index in [4.69, 9.17) is 0 Å². The third-order valence-electron chi connectivity index (χ3n) is 4.43. The van der Waals surface area contributed by atoms with Crippen LogP contribution in [0.15, 0.2) is 23.3 Å². The highest BCUT2D eigenvalue weighted by Gasteiger charge is 2.48. The van der Waals surface area contributed by atoms with Crippen LogP contribution in [-0.4, -0.2) is 27.7 Å². The quantitative estimate of drug-likeness (QED) is 0.786. The van der Waals surface area contributed by atoms with Crippen molar-refractivity contribution in [2.45, 2.75) is 45.8 Å². The van der Waals surface area contributed by atoms with E-state index >= 15 is 0 Å². The molecule has 3 heteroatoms. The highest BCUT2D eigenvalue weighted by molar-refractivity contribution is 5.95. The molecule has 3 nitrogen and oxygen atoms in total. The number of aliphatic hydroxyl groups is 2. The van der Waals surface area contributed by atoms with Crippen molar-refractivity contribution in [2.24, 2.45) is 17.8 Å². The van der Waals surface area contributed by atoms with Crippen LogP contribution in [0.1, 0.15) is 34.1 Å². The van der Waals surface area contributed by atoms with Gasteiger partial charge >= 0.3 is 0 Å². The van der Waals surface area contributed by atoms with Crippen LogP contribution in [0.4, 0.5) is 0 Å². The minimum absolute atomic E-state index is 0.0801. The van der Waals surface area contributed by atoms with Gasteiger partial charge in [-0.05, 0) is 43.3 Å². The fourth-order valence-electron chi connectivity index (χ4n) is 3.25. The second-order valence-electron chi connectivity index (χ2n) is 6.13. The van der Waals surface area contributed by atoms with Crippen molar-refractivity contribution in [3.8, 4) is 0 Å². The van der Waals surface area contributed by atoms with Gasteiger partial charge in [0.25, 0.3) is 0 Å². The molecule has 2 N–H and O–H groups in total. The second-order valence-corrected chi connectivity index (χ2v) is 6.13. The number of hydrogen-bond donors (Lipinski definition) is 2. The van der Waals surface area contributed by atoms with Gasteiger partial charge in [-0.25, -0.2) is 0 Å². The number of carbonyl (C=O) groups excluding carboxylic acids is 1. The number of Topliss-reactive ketones (excluding diaryl/α,β-unsaturated/α-hetero) is 1. The minimum atomic E-state index is -1.20. The Kier molecular flexibility index (Phi) is 3.24. The summed E-state index contributed by atoms with van der Waals surface area (Å²) in [6.45, 7) is 7.40. The van der Waals surface area contributed by atoms with Crippen molar-refractivity contribution >= 4 is 5.78 Å². The van der Waals surface area contributed by atoms with Crippen molar-refractivity contribution < 1.29 is 15.0 Å². The molecule has 4 unspecified atom stereocenters. The standard InChI is InChI=1S/C15H22O3/c1-8(2)11-7-12(9(3)16)10-5-6-15(4,18)14(17)13(10)11/h5-6,8,11,13-14,17-18H,7H2,1-4H3. The van der Waals surface area contributed by atoms with Gasteiger partial charge in [0.2, 0.25) is 0 Å². The maximum absolute atomic E-state index is 11.7. The molecule has 0 amide bonds. The van der Waals surface area contributed by atoms with E-state index in [2.05, 4.69) is 13.8 Å². The fraction of sp³-hybridized carbons (Fsp3) is 0.667. The average Bonchev–Trinajstić information content (AvgIpc) is 2.63. The number of fused-ring (bicyclic) bond motifs is 1. The van der Waals surface area contributed by atoms with Crippen LogP contribution in [0.25, 0.3) is 0 Å². The molecule has 0 saturated heterocycles. The van der Waals surface area contributed by atoms with Crippen LogP contribution >= 0.6 is 0 Å². The molecule has 0 saturated carbocycles. The molecule has 2 aliphatic carbocycles. The topological polar surface area (TPSA) is 57.5 Å². The maximum Gasteiger partial charge on any atom is 0.156 e. The van der Waals surface area contributed by atoms with Gasteiger partial charge in [-0.3, -0.25) is 4.79 Å². The van der Waals surface area contributed by atoms with Gasteiger partial charge in [0, 0.05) is 5.92 Å². The van der Waals surface area contributed by atoms with Crippen LogP contribution in [0, 0.1) is 17.8 Å². The summed E-state index contributed by atoms with van der Waals surface area (Å²) in [6, 6.07) is 0. The normalized spacial score (nSPS) is 39.4. The molecule has 0 bridgehead atoms. The third kappa shape index (κ3) is 1.95. The van der Waals surface area contributed by atoms with Crippen molar-refractivity contribution in [3.05, 3.63) is 23.3 Å². The zero-order valence-corrected chi connectivity index (χ0v) is 11.5. The number of carbonyl (C=O) groups is 1. The number of rotatable bonds is 2. The third-order valence-corrected chi connectivity index (χ3v) is 4.43. The predicted octanol–water partition coefficient (Wildman–Crippen LogP) is 1.85. The summed E-state index contributed by atoms with van der Waals surface area (Å²) >= 11 is 0. The van der Waals surface area contributed by atoms with Crippen LogP contribution in [0.3, 0.4) is 0 Å². The summed E-state index contributed by atoms with van der Waals surface area (Å²) in [5.74, 6) is 0.560. The molecule has 4 atom stereocenters. The number of ketones is 1. The predicted molar refractivity (Wildman–Crippen MR) is 69.9 cm³/mol. The Morgan fingerprint density at radius 2 is 2.11 bits per heavy atom. The first kappa shape index (κ1) is 13.5. The van der Waals surface area contributed by atoms with E-state index < -0.39 is 11.7 Å². The van der Waals surface area contributed by atoms with Gasteiger partial charge in [-0.15, -0.1) is 0 Å². The summed E-state index contributed by atoms with van der Waals surface area (Å²) in [4.78, 5) is 11.7. The van der Waals surface area contributed by atoms with E-state index in [1.165, 1.54) is 0 Å². The van der Waals surface area contributed by atoms with E-state index in [9.17, 15) is 15.0 Å². The molecule has 18 heavy (non-hydrogen) atoms. The molecule has 0 aromatic carbocycles. The van der Waals surface area contributed by atoms with Gasteiger partial charge in [-0.2, -0.15) is 0 Å². The zero-order chi connectivity index (χ0) is 13.7. The molecule has 0 heterocycles. The van der Waals surface area contributed by atoms with Crippen molar-refractivity contribution in [1.29, 1.82) is 0 Å². The molecule has 0 aromatic rings. The first-order valence-electron chi connectivity index (χ1n) is 6.59. The number of allylic oxidation sites excluding steroid dienone is 2. The second kappa shape index (κ2) is 4.32. The van der Waals surface area contributed by atoms with E-state index in [-0.39, 0.29) is 17.6 Å². The lowest BCUT2D eigenvalue weighted by molar-refractivity contribution is -0.113. The maximum atomic E-state index is 11.7. The highest BCUT2D eigenvalue weighted by Crippen LogP contribution is 2.48. The van der Waals surface area contributed by atoms with Crippen LogP contribution in [-0.2, 0) is 4.79 Å². The number of aliphatic hydroxyl groups excluding tert-OH is 1. The molecule has 0 spiro atoms. The van der Waals surface area contributed by atoms with Gasteiger partial charge in [-0.1, -0.05) is 26.0 Å². The molecule has 0 aromatic heterocycles. The molecule has 2 rings (SSSR count). The highest BCUT2D eigenvalue weighted by atomic mass is 16.3. The lowest BCUT2D eigenvalue weighted by Gasteiger charge is -2.39. The zero-order valence-electron chi connectivity index (χ0n) is 11.5. The van der Waals surface area contributed by atoms with E-state index in [0.717, 1.165) is 11.1 Å². The van der Waals surface area contributed by atoms with Gasteiger partial charge in [0.1, 0.15) is 5.60 Å². The summed E-state index contributed by atoms with van der Waals surface area (Å²) in [7, 11) is 0. The molecular weight excluding hydrogens is 228 g/mol. The molecule has 2 aliphatic rings. The average molecular weight is 250 g/mol. The molecule has 0 fully saturated rings. The first-order chi connectivity index (χ1) is 8.25. The Morgan fingerprint density at radius 3 is 2.61 bits per heavy atom. The van der Waals surface area contributed by atoms with E-state index in [1.54, 1.807) is 19.9 Å². The Balaban J connectivity index is 2.49. The minimum Gasteiger partial charge on any atom is -0.389 e. The first-order valence-corrected chi connectivity index (χ1v) is 6.59. The van der Waals surface area contributed by atoms with Crippen molar-refractivity contribution in [3.63, 3.8) is 0 Å².